The Hall–Kier alpha value is -3.57. The lowest BCUT2D eigenvalue weighted by molar-refractivity contribution is 0.0697. The summed E-state index contributed by atoms with van der Waals surface area (Å²) in [5, 5.41) is 14.7. The lowest BCUT2D eigenvalue weighted by Gasteiger charge is -2.29. The first-order chi connectivity index (χ1) is 18.1. The van der Waals surface area contributed by atoms with Crippen molar-refractivity contribution in [3.05, 3.63) is 89.0 Å². The van der Waals surface area contributed by atoms with E-state index in [0.717, 1.165) is 23.4 Å². The number of aromatic nitrogens is 1. The second-order valence-corrected chi connectivity index (χ2v) is 10.6. The summed E-state index contributed by atoms with van der Waals surface area (Å²) in [4.78, 5) is 12.0. The van der Waals surface area contributed by atoms with E-state index in [-0.39, 0.29) is 6.04 Å². The van der Waals surface area contributed by atoms with Crippen LogP contribution in [0.15, 0.2) is 66.7 Å². The van der Waals surface area contributed by atoms with Crippen LogP contribution in [0.1, 0.15) is 65.1 Å². The van der Waals surface area contributed by atoms with E-state index in [9.17, 15) is 9.90 Å². The molecule has 1 aromatic heterocycles. The van der Waals surface area contributed by atoms with E-state index in [1.807, 2.05) is 18.2 Å². The second kappa shape index (κ2) is 10.1. The lowest BCUT2D eigenvalue weighted by Crippen LogP contribution is -2.39. The van der Waals surface area contributed by atoms with Gasteiger partial charge in [0, 0.05) is 29.6 Å². The molecule has 37 heavy (non-hydrogen) atoms. The molecule has 0 radical (unpaired) electrons. The Kier molecular flexibility index (Phi) is 6.47. The molecule has 3 aromatic carbocycles. The van der Waals surface area contributed by atoms with Gasteiger partial charge in [-0.2, -0.15) is 0 Å². The summed E-state index contributed by atoms with van der Waals surface area (Å²) in [6, 6.07) is 22.5. The minimum Gasteiger partial charge on any atom is -0.491 e. The zero-order chi connectivity index (χ0) is 25.4. The molecule has 0 saturated heterocycles. The van der Waals surface area contributed by atoms with Crippen LogP contribution >= 0.6 is 0 Å². The monoisotopic (exact) mass is 494 g/mol. The van der Waals surface area contributed by atoms with Gasteiger partial charge in [-0.3, -0.25) is 0 Å². The molecule has 2 aliphatic rings. The van der Waals surface area contributed by atoms with Crippen molar-refractivity contribution in [3.8, 4) is 17.0 Å². The van der Waals surface area contributed by atoms with Gasteiger partial charge >= 0.3 is 5.97 Å². The third kappa shape index (κ3) is 4.53. The predicted octanol–water partition coefficient (Wildman–Crippen LogP) is 6.91. The summed E-state index contributed by atoms with van der Waals surface area (Å²) in [6.07, 6.45) is 6.11. The summed E-state index contributed by atoms with van der Waals surface area (Å²) >= 11 is 0. The van der Waals surface area contributed by atoms with Crippen LogP contribution in [-0.4, -0.2) is 28.3 Å². The van der Waals surface area contributed by atoms with Crippen LogP contribution in [0.25, 0.3) is 22.2 Å². The highest BCUT2D eigenvalue weighted by atomic mass is 16.5. The number of aromatic carboxylic acids is 1. The van der Waals surface area contributed by atoms with Crippen LogP contribution in [0.4, 0.5) is 0 Å². The fourth-order valence-electron chi connectivity index (χ4n) is 6.28. The van der Waals surface area contributed by atoms with Crippen molar-refractivity contribution in [1.29, 1.82) is 0 Å². The Morgan fingerprint density at radius 2 is 1.84 bits per heavy atom. The van der Waals surface area contributed by atoms with Crippen LogP contribution in [0.5, 0.6) is 5.75 Å². The van der Waals surface area contributed by atoms with Gasteiger partial charge < -0.3 is 19.7 Å². The fraction of sp³-hybridized carbons (Fsp3) is 0.344. The number of nitrogens with one attached hydrogen (secondary N) is 1. The smallest absolute Gasteiger partial charge is 0.335 e. The van der Waals surface area contributed by atoms with E-state index in [1.54, 1.807) is 6.07 Å². The van der Waals surface area contributed by atoms with Crippen molar-refractivity contribution in [1.82, 2.24) is 9.88 Å². The van der Waals surface area contributed by atoms with Gasteiger partial charge in [0.1, 0.15) is 12.4 Å². The Balaban J connectivity index is 1.54. The van der Waals surface area contributed by atoms with E-state index in [4.69, 9.17) is 4.74 Å². The summed E-state index contributed by atoms with van der Waals surface area (Å²) in [5.74, 6) is 0.484. The van der Waals surface area contributed by atoms with E-state index < -0.39 is 5.97 Å². The molecule has 0 unspecified atom stereocenters. The molecule has 1 aliphatic carbocycles. The second-order valence-electron chi connectivity index (χ2n) is 10.6. The Morgan fingerprint density at radius 3 is 2.62 bits per heavy atom. The zero-order valence-electron chi connectivity index (χ0n) is 21.4. The molecule has 1 saturated carbocycles. The van der Waals surface area contributed by atoms with Crippen LogP contribution in [0.2, 0.25) is 0 Å². The molecular formula is C32H34N2O3. The Bertz CT molecular complexity index is 1430. The number of ether oxygens (including phenoxy) is 1. The van der Waals surface area contributed by atoms with Gasteiger partial charge in [0.15, 0.2) is 0 Å². The Labute approximate surface area is 218 Å². The first kappa shape index (κ1) is 23.8. The topological polar surface area (TPSA) is 63.5 Å². The molecule has 6 rings (SSSR count). The number of benzene rings is 3. The maximum Gasteiger partial charge on any atom is 0.335 e. The average Bonchev–Trinajstić information content (AvgIpc) is 3.22. The quantitative estimate of drug-likeness (QED) is 0.316. The highest BCUT2D eigenvalue weighted by Gasteiger charge is 2.31. The molecular weight excluding hydrogens is 460 g/mol. The zero-order valence-corrected chi connectivity index (χ0v) is 21.4. The highest BCUT2D eigenvalue weighted by Crippen LogP contribution is 2.48. The van der Waals surface area contributed by atoms with E-state index in [1.165, 1.54) is 59.9 Å². The van der Waals surface area contributed by atoms with Crippen LogP contribution in [0, 0.1) is 6.92 Å². The van der Waals surface area contributed by atoms with Crippen molar-refractivity contribution in [2.75, 3.05) is 6.61 Å². The molecule has 2 N–H and O–H groups in total. The molecule has 2 heterocycles. The molecule has 5 nitrogen and oxygen atoms in total. The number of carboxylic acids is 1. The predicted molar refractivity (Wildman–Crippen MR) is 147 cm³/mol. The number of aryl methyl sites for hydroxylation is 1. The number of rotatable bonds is 5. The Morgan fingerprint density at radius 1 is 1.03 bits per heavy atom. The first-order valence-corrected chi connectivity index (χ1v) is 13.5. The van der Waals surface area contributed by atoms with Gasteiger partial charge in [0.25, 0.3) is 0 Å². The molecule has 4 aromatic rings. The largest absolute Gasteiger partial charge is 0.491 e. The highest BCUT2D eigenvalue weighted by molar-refractivity contribution is 5.99. The molecule has 5 heteroatoms. The maximum atomic E-state index is 12.0. The normalized spacial score (nSPS) is 17.9. The minimum absolute atomic E-state index is 0.0657. The van der Waals surface area contributed by atoms with Crippen LogP contribution in [0.3, 0.4) is 0 Å². The third-order valence-corrected chi connectivity index (χ3v) is 8.12. The molecule has 1 fully saturated rings. The fourth-order valence-corrected chi connectivity index (χ4v) is 6.28. The molecule has 190 valence electrons. The standard InChI is InChI=1S/C32H34N2O3/c1-21-9-8-14-28-29(21)31-30(23-12-6-3-7-13-23)26-16-15-24(32(35)36)17-27(26)34(31)19-25(20-37-28)33-18-22-10-4-2-5-11-22/h2,4-5,8-11,14-17,23,25,33H,3,6-7,12-13,18-20H2,1H3,(H,35,36)/t25-/m1/s1. The number of hydrogen-bond donors (Lipinski definition) is 2. The van der Waals surface area contributed by atoms with Gasteiger partial charge in [-0.05, 0) is 60.6 Å². The summed E-state index contributed by atoms with van der Waals surface area (Å²) in [7, 11) is 0. The molecule has 0 amide bonds. The van der Waals surface area contributed by atoms with Crippen molar-refractivity contribution < 1.29 is 14.6 Å². The van der Waals surface area contributed by atoms with E-state index in [2.05, 4.69) is 59.3 Å². The molecule has 1 atom stereocenters. The molecule has 0 bridgehead atoms. The minimum atomic E-state index is -0.888. The van der Waals surface area contributed by atoms with Crippen molar-refractivity contribution in [3.63, 3.8) is 0 Å². The summed E-state index contributed by atoms with van der Waals surface area (Å²) < 4.78 is 8.89. The van der Waals surface area contributed by atoms with Gasteiger partial charge in [-0.15, -0.1) is 0 Å². The number of carboxylic acid groups (broad SMARTS) is 1. The molecule has 0 spiro atoms. The number of fused-ring (bicyclic) bond motifs is 5. The number of carbonyl (C=O) groups is 1. The first-order valence-electron chi connectivity index (χ1n) is 13.5. The van der Waals surface area contributed by atoms with E-state index >= 15 is 0 Å². The van der Waals surface area contributed by atoms with Crippen molar-refractivity contribution in [2.45, 2.75) is 64.1 Å². The SMILES string of the molecule is Cc1cccc2c1-c1c(C3CCCCC3)c3ccc(C(=O)O)cc3n1C[C@@H](NCc1ccccc1)CO2. The summed E-state index contributed by atoms with van der Waals surface area (Å²) in [6.45, 7) is 4.16. The third-order valence-electron chi connectivity index (χ3n) is 8.12. The number of nitrogens with zero attached hydrogens (tertiary/aromatic N) is 1. The van der Waals surface area contributed by atoms with Crippen LogP contribution in [-0.2, 0) is 13.1 Å². The summed E-state index contributed by atoms with van der Waals surface area (Å²) in [5.41, 5.74) is 7.50. The van der Waals surface area contributed by atoms with Gasteiger partial charge in [0.05, 0.1) is 17.3 Å². The average molecular weight is 495 g/mol. The van der Waals surface area contributed by atoms with Crippen LogP contribution < -0.4 is 10.1 Å². The van der Waals surface area contributed by atoms with Crippen molar-refractivity contribution >= 4 is 16.9 Å². The van der Waals surface area contributed by atoms with Crippen molar-refractivity contribution in [2.24, 2.45) is 0 Å². The van der Waals surface area contributed by atoms with E-state index in [0.29, 0.717) is 24.6 Å². The lowest BCUT2D eigenvalue weighted by atomic mass is 9.81. The maximum absolute atomic E-state index is 12.0. The molecule has 1 aliphatic heterocycles. The van der Waals surface area contributed by atoms with Gasteiger partial charge in [0.2, 0.25) is 0 Å². The van der Waals surface area contributed by atoms with Gasteiger partial charge in [-0.25, -0.2) is 4.79 Å². The number of hydrogen-bond acceptors (Lipinski definition) is 3. The van der Waals surface area contributed by atoms with Gasteiger partial charge in [-0.1, -0.05) is 67.8 Å².